The highest BCUT2D eigenvalue weighted by atomic mass is 35.5. The molecular formula is C15H23ClN2O4S. The lowest BCUT2D eigenvalue weighted by molar-refractivity contribution is -0.124. The number of likely N-dealkylation sites (tertiary alicyclic amines) is 1. The van der Waals surface area contributed by atoms with Crippen molar-refractivity contribution in [3.8, 4) is 0 Å². The zero-order valence-corrected chi connectivity index (χ0v) is 14.6. The van der Waals surface area contributed by atoms with E-state index >= 15 is 0 Å². The number of sulfone groups is 1. The highest BCUT2D eigenvalue weighted by Crippen LogP contribution is 2.27. The maximum Gasteiger partial charge on any atom is 0.245 e. The molecule has 2 atom stereocenters. The van der Waals surface area contributed by atoms with E-state index < -0.39 is 22.4 Å². The van der Waals surface area contributed by atoms with Gasteiger partial charge in [0.15, 0.2) is 0 Å². The van der Waals surface area contributed by atoms with Crippen LogP contribution in [-0.2, 0) is 14.6 Å². The number of aliphatic hydroxyl groups excluding tert-OH is 1. The summed E-state index contributed by atoms with van der Waals surface area (Å²) in [6, 6.07) is 9.70. The van der Waals surface area contributed by atoms with E-state index in [4.69, 9.17) is 5.11 Å². The van der Waals surface area contributed by atoms with Crippen molar-refractivity contribution in [2.45, 2.75) is 12.0 Å². The Balaban J connectivity index is 0.00000264. The topological polar surface area (TPSA) is 86.7 Å². The summed E-state index contributed by atoms with van der Waals surface area (Å²) in [6.45, 7) is 1.19. The number of nitrogens with zero attached hydrogens (tertiary/aromatic N) is 1. The van der Waals surface area contributed by atoms with Crippen LogP contribution in [0, 0.1) is 0 Å². The van der Waals surface area contributed by atoms with Gasteiger partial charge in [0.1, 0.15) is 16.4 Å². The van der Waals surface area contributed by atoms with Gasteiger partial charge >= 0.3 is 0 Å². The fourth-order valence-corrected chi connectivity index (χ4v) is 3.39. The van der Waals surface area contributed by atoms with Crippen LogP contribution in [0.5, 0.6) is 0 Å². The van der Waals surface area contributed by atoms with E-state index in [1.165, 1.54) is 6.26 Å². The molecule has 0 aromatic heterocycles. The van der Waals surface area contributed by atoms with Gasteiger partial charge in [-0.25, -0.2) is 8.42 Å². The molecule has 1 aliphatic heterocycles. The Morgan fingerprint density at radius 3 is 2.52 bits per heavy atom. The number of carbonyl (C=O) groups excluding carboxylic acids is 1. The Hall–Kier alpha value is -1.15. The third-order valence-corrected chi connectivity index (χ3v) is 4.82. The van der Waals surface area contributed by atoms with E-state index in [0.29, 0.717) is 19.6 Å². The summed E-state index contributed by atoms with van der Waals surface area (Å²) in [4.78, 5) is 13.5. The minimum atomic E-state index is -3.01. The van der Waals surface area contributed by atoms with Crippen LogP contribution in [0.1, 0.15) is 11.5 Å². The molecule has 0 saturated carbocycles. The smallest absolute Gasteiger partial charge is 0.245 e. The maximum atomic E-state index is 11.5. The highest BCUT2D eigenvalue weighted by Gasteiger charge is 2.34. The molecule has 0 radical (unpaired) electrons. The molecule has 1 amide bonds. The molecule has 0 bridgehead atoms. The van der Waals surface area contributed by atoms with Gasteiger partial charge < -0.3 is 10.4 Å². The molecule has 1 aromatic carbocycles. The largest absolute Gasteiger partial charge is 0.387 e. The predicted molar refractivity (Wildman–Crippen MR) is 91.6 cm³/mol. The van der Waals surface area contributed by atoms with Gasteiger partial charge in [0, 0.05) is 37.8 Å². The molecule has 1 aromatic rings. The summed E-state index contributed by atoms with van der Waals surface area (Å²) in [6.07, 6.45) is 1.22. The maximum absolute atomic E-state index is 11.5. The quantitative estimate of drug-likeness (QED) is 0.745. The van der Waals surface area contributed by atoms with Gasteiger partial charge in [-0.1, -0.05) is 30.3 Å². The molecule has 130 valence electrons. The molecule has 6 nitrogen and oxygen atoms in total. The fraction of sp³-hybridized carbons (Fsp3) is 0.533. The number of amides is 1. The molecule has 0 spiro atoms. The number of carbonyl (C=O) groups is 1. The average Bonchev–Trinajstić information content (AvgIpc) is 2.88. The lowest BCUT2D eigenvalue weighted by Gasteiger charge is -2.19. The molecule has 1 saturated heterocycles. The highest BCUT2D eigenvalue weighted by molar-refractivity contribution is 7.90. The molecule has 1 aliphatic rings. The standard InChI is InChI=1S/C15H22N2O4S.ClH/c1-22(20,21)8-7-17-9-13(12-5-3-2-4-6-12)14(10-17)16-15(19)11-18;/h2-6,13-14,18H,7-11H2,1H3,(H,16,19);1H/t13-,14+;/m1./s1. The Kier molecular flexibility index (Phi) is 7.47. The van der Waals surface area contributed by atoms with Crippen LogP contribution in [0.15, 0.2) is 30.3 Å². The van der Waals surface area contributed by atoms with Crippen LogP contribution < -0.4 is 5.32 Å². The first-order valence-electron chi connectivity index (χ1n) is 7.24. The first-order valence-corrected chi connectivity index (χ1v) is 9.30. The van der Waals surface area contributed by atoms with E-state index in [2.05, 4.69) is 5.32 Å². The van der Waals surface area contributed by atoms with Gasteiger partial charge in [0.2, 0.25) is 5.91 Å². The van der Waals surface area contributed by atoms with E-state index in [1.807, 2.05) is 35.2 Å². The first kappa shape index (κ1) is 19.9. The average molecular weight is 363 g/mol. The molecular weight excluding hydrogens is 340 g/mol. The zero-order chi connectivity index (χ0) is 16.2. The Labute approximate surface area is 143 Å². The number of benzene rings is 1. The van der Waals surface area contributed by atoms with Gasteiger partial charge in [0.25, 0.3) is 0 Å². The Bertz CT molecular complexity index is 609. The minimum Gasteiger partial charge on any atom is -0.387 e. The normalized spacial score (nSPS) is 21.7. The lowest BCUT2D eigenvalue weighted by Crippen LogP contribution is -2.41. The van der Waals surface area contributed by atoms with Gasteiger partial charge in [-0.05, 0) is 5.56 Å². The second-order valence-electron chi connectivity index (χ2n) is 5.74. The number of rotatable bonds is 6. The number of nitrogens with one attached hydrogen (secondary N) is 1. The third-order valence-electron chi connectivity index (χ3n) is 3.89. The first-order chi connectivity index (χ1) is 10.4. The van der Waals surface area contributed by atoms with E-state index in [0.717, 1.165) is 5.56 Å². The summed E-state index contributed by atoms with van der Waals surface area (Å²) in [5.74, 6) is -0.206. The van der Waals surface area contributed by atoms with Crippen molar-refractivity contribution in [1.29, 1.82) is 0 Å². The molecule has 8 heteroatoms. The zero-order valence-electron chi connectivity index (χ0n) is 13.0. The van der Waals surface area contributed by atoms with Crippen LogP contribution in [-0.4, -0.2) is 68.6 Å². The van der Waals surface area contributed by atoms with Crippen molar-refractivity contribution in [3.05, 3.63) is 35.9 Å². The van der Waals surface area contributed by atoms with Gasteiger partial charge in [0.05, 0.1) is 5.75 Å². The monoisotopic (exact) mass is 362 g/mol. The van der Waals surface area contributed by atoms with Crippen LogP contribution in [0.2, 0.25) is 0 Å². The van der Waals surface area contributed by atoms with E-state index in [1.54, 1.807) is 0 Å². The number of aliphatic hydroxyl groups is 1. The van der Waals surface area contributed by atoms with Crippen molar-refractivity contribution in [2.75, 3.05) is 38.2 Å². The summed E-state index contributed by atoms with van der Waals surface area (Å²) >= 11 is 0. The summed E-state index contributed by atoms with van der Waals surface area (Å²) < 4.78 is 22.6. The minimum absolute atomic E-state index is 0. The second kappa shape index (κ2) is 8.63. The van der Waals surface area contributed by atoms with Crippen LogP contribution in [0.4, 0.5) is 0 Å². The predicted octanol–water partition coefficient (Wildman–Crippen LogP) is 0.0293. The van der Waals surface area contributed by atoms with Gasteiger partial charge in [-0.3, -0.25) is 9.69 Å². The van der Waals surface area contributed by atoms with Gasteiger partial charge in [-0.15, -0.1) is 12.4 Å². The van der Waals surface area contributed by atoms with Crippen LogP contribution >= 0.6 is 12.4 Å². The summed E-state index contributed by atoms with van der Waals surface area (Å²) in [5.41, 5.74) is 1.10. The molecule has 23 heavy (non-hydrogen) atoms. The Morgan fingerprint density at radius 2 is 1.96 bits per heavy atom. The molecule has 0 unspecified atom stereocenters. The summed E-state index contributed by atoms with van der Waals surface area (Å²) in [7, 11) is -3.01. The van der Waals surface area contributed by atoms with Crippen molar-refractivity contribution < 1.29 is 18.3 Å². The summed E-state index contributed by atoms with van der Waals surface area (Å²) in [5, 5.41) is 11.7. The second-order valence-corrected chi connectivity index (χ2v) is 8.00. The van der Waals surface area contributed by atoms with Crippen LogP contribution in [0.25, 0.3) is 0 Å². The van der Waals surface area contributed by atoms with Crippen molar-refractivity contribution in [2.24, 2.45) is 0 Å². The molecule has 1 fully saturated rings. The van der Waals surface area contributed by atoms with Crippen molar-refractivity contribution >= 4 is 28.2 Å². The lowest BCUT2D eigenvalue weighted by atomic mass is 9.94. The van der Waals surface area contributed by atoms with E-state index in [-0.39, 0.29) is 30.1 Å². The van der Waals surface area contributed by atoms with Crippen molar-refractivity contribution in [1.82, 2.24) is 10.2 Å². The SMILES string of the molecule is CS(=O)(=O)CCN1C[C@H](NC(=O)CO)[C@@H](c2ccccc2)C1.Cl. The molecule has 0 aliphatic carbocycles. The molecule has 2 N–H and O–H groups in total. The third kappa shape index (κ3) is 6.10. The van der Waals surface area contributed by atoms with E-state index in [9.17, 15) is 13.2 Å². The molecule has 2 rings (SSSR count). The fourth-order valence-electron chi connectivity index (χ4n) is 2.80. The number of halogens is 1. The number of hydrogen-bond donors (Lipinski definition) is 2. The number of hydrogen-bond acceptors (Lipinski definition) is 5. The molecule has 1 heterocycles. The van der Waals surface area contributed by atoms with Gasteiger partial charge in [-0.2, -0.15) is 0 Å². The van der Waals surface area contributed by atoms with Crippen LogP contribution in [0.3, 0.4) is 0 Å². The van der Waals surface area contributed by atoms with Crippen molar-refractivity contribution in [3.63, 3.8) is 0 Å². The Morgan fingerprint density at radius 1 is 1.30 bits per heavy atom.